The van der Waals surface area contributed by atoms with Crippen molar-refractivity contribution in [2.45, 2.75) is 25.3 Å². The molecule has 1 aromatic carbocycles. The van der Waals surface area contributed by atoms with E-state index in [0.29, 0.717) is 0 Å². The number of nitrogens with one attached hydrogen (secondary N) is 2. The van der Waals surface area contributed by atoms with Crippen molar-refractivity contribution in [2.75, 3.05) is 0 Å². The summed E-state index contributed by atoms with van der Waals surface area (Å²) in [6.07, 6.45) is 2.77. The van der Waals surface area contributed by atoms with E-state index in [9.17, 15) is 9.59 Å². The fraction of sp³-hybridized carbons (Fsp3) is 0.308. The number of carbonyl (C=O) groups is 2. The van der Waals surface area contributed by atoms with Crippen LogP contribution in [-0.2, 0) is 22.4 Å². The summed E-state index contributed by atoms with van der Waals surface area (Å²) in [6, 6.07) is 8.43. The van der Waals surface area contributed by atoms with Gasteiger partial charge in [0, 0.05) is 0 Å². The van der Waals surface area contributed by atoms with E-state index >= 15 is 0 Å². The van der Waals surface area contributed by atoms with E-state index in [-0.39, 0.29) is 12.0 Å². The van der Waals surface area contributed by atoms with Gasteiger partial charge in [0.05, 0.1) is 6.04 Å². The molecule has 1 atom stereocenters. The number of hydrogen-bond acceptors (Lipinski definition) is 3. The molecule has 0 radical (unpaired) electrons. The Morgan fingerprint density at radius 2 is 1.72 bits per heavy atom. The first-order valence-corrected chi connectivity index (χ1v) is 5.99. The van der Waals surface area contributed by atoms with E-state index in [1.807, 2.05) is 12.1 Å². The van der Waals surface area contributed by atoms with E-state index in [4.69, 9.17) is 0 Å². The monoisotopic (exact) mass is 243 g/mol. The first kappa shape index (κ1) is 11.0. The summed E-state index contributed by atoms with van der Waals surface area (Å²) in [4.78, 5) is 26.4. The van der Waals surface area contributed by atoms with Crippen molar-refractivity contribution in [3.63, 3.8) is 0 Å². The van der Waals surface area contributed by atoms with Crippen LogP contribution in [-0.4, -0.2) is 23.8 Å². The Hall–Kier alpha value is -2.17. The normalized spacial score (nSPS) is 22.2. The van der Waals surface area contributed by atoms with Gasteiger partial charge in [0.15, 0.2) is 0 Å². The lowest BCUT2D eigenvalue weighted by atomic mass is 9.89. The lowest BCUT2D eigenvalue weighted by Gasteiger charge is -2.21. The van der Waals surface area contributed by atoms with Crippen LogP contribution in [0.15, 0.2) is 29.3 Å². The van der Waals surface area contributed by atoms with Crippen molar-refractivity contribution in [1.82, 2.24) is 10.6 Å². The van der Waals surface area contributed by atoms with Crippen molar-refractivity contribution < 1.29 is 9.59 Å². The highest BCUT2D eigenvalue weighted by Gasteiger charge is 2.27. The van der Waals surface area contributed by atoms with Crippen LogP contribution in [0, 0.1) is 0 Å². The van der Waals surface area contributed by atoms with Gasteiger partial charge >= 0.3 is 11.8 Å². The average molecular weight is 243 g/mol. The zero-order valence-electron chi connectivity index (χ0n) is 9.77. The number of nitrogens with zero attached hydrogens (tertiary/aromatic N) is 1. The molecule has 18 heavy (non-hydrogen) atoms. The number of aliphatic imine (C=N–C) groups is 1. The number of guanidine groups is 1. The Kier molecular flexibility index (Phi) is 2.59. The van der Waals surface area contributed by atoms with Gasteiger partial charge in [0.25, 0.3) is 0 Å². The number of amides is 2. The van der Waals surface area contributed by atoms with Crippen LogP contribution in [0.3, 0.4) is 0 Å². The molecular weight excluding hydrogens is 230 g/mol. The Labute approximate surface area is 104 Å². The maximum Gasteiger partial charge on any atom is 0.316 e. The second-order valence-electron chi connectivity index (χ2n) is 4.55. The molecule has 1 unspecified atom stereocenters. The fourth-order valence-corrected chi connectivity index (χ4v) is 2.40. The molecule has 1 aromatic rings. The zero-order chi connectivity index (χ0) is 12.5. The quantitative estimate of drug-likeness (QED) is 0.689. The lowest BCUT2D eigenvalue weighted by molar-refractivity contribution is -0.135. The van der Waals surface area contributed by atoms with Crippen molar-refractivity contribution in [3.8, 4) is 0 Å². The third kappa shape index (κ3) is 1.99. The molecule has 1 fully saturated rings. The first-order valence-electron chi connectivity index (χ1n) is 5.99. The molecule has 92 valence electrons. The van der Waals surface area contributed by atoms with E-state index in [0.717, 1.165) is 19.3 Å². The topological polar surface area (TPSA) is 70.6 Å². The third-order valence-electron chi connectivity index (χ3n) is 3.30. The van der Waals surface area contributed by atoms with Crippen molar-refractivity contribution in [3.05, 3.63) is 35.4 Å². The standard InChI is InChI=1S/C13H13N3O2/c17-11-12(18)16-13(15-11)14-10-6-5-8-3-1-2-4-9(8)7-10/h1-4,10H,5-7H2,(H2,14,15,16,17,18). The molecule has 0 aromatic heterocycles. The van der Waals surface area contributed by atoms with Gasteiger partial charge in [-0.15, -0.1) is 0 Å². The largest absolute Gasteiger partial charge is 0.316 e. The second kappa shape index (κ2) is 4.25. The maximum atomic E-state index is 11.0. The molecule has 0 saturated carbocycles. The third-order valence-corrected chi connectivity index (χ3v) is 3.30. The number of carbonyl (C=O) groups excluding carboxylic acids is 2. The molecule has 0 bridgehead atoms. The van der Waals surface area contributed by atoms with Gasteiger partial charge in [-0.1, -0.05) is 24.3 Å². The molecule has 1 saturated heterocycles. The molecule has 2 amide bonds. The van der Waals surface area contributed by atoms with Crippen LogP contribution in [0.4, 0.5) is 0 Å². The molecular formula is C13H13N3O2. The summed E-state index contributed by atoms with van der Waals surface area (Å²) >= 11 is 0. The summed E-state index contributed by atoms with van der Waals surface area (Å²) in [6.45, 7) is 0. The average Bonchev–Trinajstić information content (AvgIpc) is 2.68. The summed E-state index contributed by atoms with van der Waals surface area (Å²) in [5, 5.41) is 4.85. The minimum Gasteiger partial charge on any atom is -0.288 e. The van der Waals surface area contributed by atoms with Gasteiger partial charge in [0.1, 0.15) is 0 Å². The molecule has 1 aliphatic heterocycles. The van der Waals surface area contributed by atoms with Gasteiger partial charge in [0.2, 0.25) is 5.96 Å². The number of rotatable bonds is 1. The summed E-state index contributed by atoms with van der Waals surface area (Å²) in [5.74, 6) is -0.982. The molecule has 1 heterocycles. The Balaban J connectivity index is 1.75. The van der Waals surface area contributed by atoms with Gasteiger partial charge in [-0.3, -0.25) is 20.2 Å². The Morgan fingerprint density at radius 1 is 1.06 bits per heavy atom. The van der Waals surface area contributed by atoms with Crippen LogP contribution in [0.25, 0.3) is 0 Å². The number of benzene rings is 1. The van der Waals surface area contributed by atoms with Crippen LogP contribution >= 0.6 is 0 Å². The molecule has 2 aliphatic rings. The van der Waals surface area contributed by atoms with Crippen LogP contribution in [0.1, 0.15) is 17.5 Å². The predicted octanol–water partition coefficient (Wildman–Crippen LogP) is 0.146. The molecule has 1 aliphatic carbocycles. The highest BCUT2D eigenvalue weighted by Crippen LogP contribution is 2.22. The van der Waals surface area contributed by atoms with Crippen LogP contribution in [0.2, 0.25) is 0 Å². The molecule has 3 rings (SSSR count). The number of hydrogen-bond donors (Lipinski definition) is 2. The molecule has 5 heteroatoms. The Morgan fingerprint density at radius 3 is 2.44 bits per heavy atom. The second-order valence-corrected chi connectivity index (χ2v) is 4.55. The smallest absolute Gasteiger partial charge is 0.288 e. The van der Waals surface area contributed by atoms with Gasteiger partial charge in [-0.25, -0.2) is 4.99 Å². The minimum absolute atomic E-state index is 0.119. The minimum atomic E-state index is -0.634. The van der Waals surface area contributed by atoms with Crippen LogP contribution in [0.5, 0.6) is 0 Å². The van der Waals surface area contributed by atoms with Gasteiger partial charge < -0.3 is 0 Å². The first-order chi connectivity index (χ1) is 8.72. The highest BCUT2D eigenvalue weighted by atomic mass is 16.2. The van der Waals surface area contributed by atoms with Crippen LogP contribution < -0.4 is 10.6 Å². The number of aryl methyl sites for hydroxylation is 1. The number of fused-ring (bicyclic) bond motifs is 1. The fourth-order valence-electron chi connectivity index (χ4n) is 2.40. The van der Waals surface area contributed by atoms with Gasteiger partial charge in [-0.05, 0) is 30.4 Å². The summed E-state index contributed by atoms with van der Waals surface area (Å²) in [7, 11) is 0. The molecule has 5 nitrogen and oxygen atoms in total. The maximum absolute atomic E-state index is 11.0. The van der Waals surface area contributed by atoms with E-state index in [1.54, 1.807) is 0 Å². The predicted molar refractivity (Wildman–Crippen MR) is 66.0 cm³/mol. The molecule has 0 spiro atoms. The summed E-state index contributed by atoms with van der Waals surface area (Å²) < 4.78 is 0. The summed E-state index contributed by atoms with van der Waals surface area (Å²) in [5.41, 5.74) is 2.67. The van der Waals surface area contributed by atoms with Crippen molar-refractivity contribution in [2.24, 2.45) is 4.99 Å². The van der Waals surface area contributed by atoms with E-state index in [1.165, 1.54) is 11.1 Å². The SMILES string of the molecule is O=C1NC(=NC2CCc3ccccc3C2)NC1=O. The molecule has 2 N–H and O–H groups in total. The van der Waals surface area contributed by atoms with Crippen molar-refractivity contribution >= 4 is 17.8 Å². The zero-order valence-corrected chi connectivity index (χ0v) is 9.77. The highest BCUT2D eigenvalue weighted by molar-refractivity contribution is 6.45. The van der Waals surface area contributed by atoms with Crippen molar-refractivity contribution in [1.29, 1.82) is 0 Å². The van der Waals surface area contributed by atoms with Gasteiger partial charge in [-0.2, -0.15) is 0 Å². The van der Waals surface area contributed by atoms with E-state index in [2.05, 4.69) is 27.8 Å². The van der Waals surface area contributed by atoms with E-state index < -0.39 is 11.8 Å². The Bertz CT molecular complexity index is 533. The lowest BCUT2D eigenvalue weighted by Crippen LogP contribution is -2.29.